The van der Waals surface area contributed by atoms with Gasteiger partial charge in [-0.3, -0.25) is 0 Å². The van der Waals surface area contributed by atoms with Gasteiger partial charge >= 0.3 is 49.0 Å². The second-order valence-electron chi connectivity index (χ2n) is 1.51. The molecule has 0 heterocycles. The SMILES string of the molecule is B#Cc1ccccc1. The molecule has 0 aromatic heterocycles. The molecule has 0 unspecified atom stereocenters. The Kier molecular flexibility index (Phi) is 1.56. The van der Waals surface area contributed by atoms with Gasteiger partial charge in [-0.1, -0.05) is 0 Å². The fraction of sp³-hybridized carbons (Fsp3) is 0. The third-order valence-electron chi connectivity index (χ3n) is 0.940. The molecule has 0 spiro atoms. The van der Waals surface area contributed by atoms with Gasteiger partial charge < -0.3 is 0 Å². The normalized spacial score (nSPS) is 8.25. The Labute approximate surface area is 49.9 Å². The van der Waals surface area contributed by atoms with Crippen molar-refractivity contribution in [3.63, 3.8) is 0 Å². The van der Waals surface area contributed by atoms with Crippen LogP contribution in [0.1, 0.15) is 5.56 Å². The van der Waals surface area contributed by atoms with Gasteiger partial charge in [-0.15, -0.1) is 0 Å². The van der Waals surface area contributed by atoms with Gasteiger partial charge in [0.15, 0.2) is 0 Å². The molecule has 0 amide bonds. The number of rotatable bonds is 0. The Hall–Kier alpha value is -0.935. The molecule has 1 heteroatoms. The monoisotopic (exact) mass is 100 g/mol. The van der Waals surface area contributed by atoms with Gasteiger partial charge in [-0.2, -0.15) is 0 Å². The van der Waals surface area contributed by atoms with E-state index in [9.17, 15) is 0 Å². The maximum atomic E-state index is 5.10. The summed E-state index contributed by atoms with van der Waals surface area (Å²) in [4.78, 5) is 0. The summed E-state index contributed by atoms with van der Waals surface area (Å²) in [5.41, 5.74) is 0.938. The molecule has 0 saturated carbocycles. The molecular weight excluding hydrogens is 94.9 g/mol. The Bertz CT molecular complexity index is 195. The number of hydrogen-bond acceptors (Lipinski definition) is 0. The minimum atomic E-state index is 0.938. The molecule has 0 nitrogen and oxygen atoms in total. The zero-order valence-electron chi connectivity index (χ0n) is 4.46. The molecule has 0 aliphatic heterocycles. The predicted molar refractivity (Wildman–Crippen MR) is 35.2 cm³/mol. The topological polar surface area (TPSA) is 0 Å². The standard InChI is InChI=1S/C7H5B/c8-6-7-4-2-1-3-5-7/h1-5H. The van der Waals surface area contributed by atoms with Crippen molar-refractivity contribution in [1.29, 1.82) is 0 Å². The Morgan fingerprint density at radius 2 is 1.75 bits per heavy atom. The van der Waals surface area contributed by atoms with Crippen molar-refractivity contribution in [2.75, 3.05) is 0 Å². The number of benzene rings is 1. The average Bonchev–Trinajstić information content (AvgIpc) is 1.90. The van der Waals surface area contributed by atoms with E-state index in [-0.39, 0.29) is 0 Å². The van der Waals surface area contributed by atoms with E-state index >= 15 is 0 Å². The van der Waals surface area contributed by atoms with Crippen LogP contribution in [0.15, 0.2) is 30.3 Å². The van der Waals surface area contributed by atoms with Gasteiger partial charge in [0.2, 0.25) is 0 Å². The minimum absolute atomic E-state index is 0.938. The van der Waals surface area contributed by atoms with Gasteiger partial charge in [0.25, 0.3) is 0 Å². The van der Waals surface area contributed by atoms with E-state index < -0.39 is 0 Å². The van der Waals surface area contributed by atoms with Gasteiger partial charge in [0, 0.05) is 0 Å². The molecule has 0 bridgehead atoms. The molecule has 1 rings (SSSR count). The van der Waals surface area contributed by atoms with E-state index in [1.165, 1.54) is 0 Å². The van der Waals surface area contributed by atoms with Crippen LogP contribution in [0, 0.1) is 5.80 Å². The van der Waals surface area contributed by atoms with Crippen LogP contribution in [-0.4, -0.2) is 7.33 Å². The first-order valence-electron chi connectivity index (χ1n) is 2.45. The summed E-state index contributed by atoms with van der Waals surface area (Å²) in [6.07, 6.45) is 0. The Morgan fingerprint density at radius 1 is 1.12 bits per heavy atom. The van der Waals surface area contributed by atoms with Crippen molar-refractivity contribution in [3.8, 4) is 5.80 Å². The van der Waals surface area contributed by atoms with Crippen LogP contribution in [0.5, 0.6) is 0 Å². The summed E-state index contributed by atoms with van der Waals surface area (Å²) in [7, 11) is 5.10. The molecule has 1 aromatic rings. The molecule has 0 aliphatic rings. The molecule has 36 valence electrons. The van der Waals surface area contributed by atoms with Crippen molar-refractivity contribution in [2.24, 2.45) is 0 Å². The van der Waals surface area contributed by atoms with Crippen LogP contribution >= 0.6 is 0 Å². The Morgan fingerprint density at radius 3 is 2.12 bits per heavy atom. The zero-order chi connectivity index (χ0) is 5.82. The van der Waals surface area contributed by atoms with Crippen molar-refractivity contribution in [1.82, 2.24) is 0 Å². The van der Waals surface area contributed by atoms with Crippen molar-refractivity contribution in [2.45, 2.75) is 0 Å². The third kappa shape index (κ3) is 1.02. The summed E-state index contributed by atoms with van der Waals surface area (Å²) in [6, 6.07) is 9.60. The average molecular weight is 99.9 g/mol. The summed E-state index contributed by atoms with van der Waals surface area (Å²) < 4.78 is 0. The van der Waals surface area contributed by atoms with E-state index in [0.717, 1.165) is 5.56 Å². The third-order valence-corrected chi connectivity index (χ3v) is 0.940. The first-order chi connectivity index (χ1) is 3.93. The van der Waals surface area contributed by atoms with Crippen LogP contribution in [0.4, 0.5) is 0 Å². The maximum absolute atomic E-state index is 5.10. The van der Waals surface area contributed by atoms with Crippen LogP contribution in [0.2, 0.25) is 0 Å². The molecule has 0 aliphatic carbocycles. The number of hydrogen-bond donors (Lipinski definition) is 0. The van der Waals surface area contributed by atoms with Crippen LogP contribution < -0.4 is 0 Å². The van der Waals surface area contributed by atoms with E-state index in [1.807, 2.05) is 30.3 Å². The van der Waals surface area contributed by atoms with Crippen molar-refractivity contribution < 1.29 is 0 Å². The van der Waals surface area contributed by atoms with Crippen molar-refractivity contribution >= 4 is 7.33 Å². The van der Waals surface area contributed by atoms with E-state index in [1.54, 1.807) is 0 Å². The predicted octanol–water partition coefficient (Wildman–Crippen LogP) is 1.16. The van der Waals surface area contributed by atoms with E-state index in [4.69, 9.17) is 7.33 Å². The summed E-state index contributed by atoms with van der Waals surface area (Å²) in [5, 5.41) is 0. The first-order valence-corrected chi connectivity index (χ1v) is 2.45. The van der Waals surface area contributed by atoms with Crippen LogP contribution in [0.3, 0.4) is 0 Å². The molecule has 0 N–H and O–H groups in total. The van der Waals surface area contributed by atoms with Gasteiger partial charge in [0.05, 0.1) is 0 Å². The quantitative estimate of drug-likeness (QED) is 0.429. The second-order valence-corrected chi connectivity index (χ2v) is 1.51. The Balaban J connectivity index is 3.05. The van der Waals surface area contributed by atoms with Gasteiger partial charge in [-0.25, -0.2) is 0 Å². The molecule has 1 aromatic carbocycles. The molecule has 0 saturated heterocycles. The van der Waals surface area contributed by atoms with Crippen LogP contribution in [0.25, 0.3) is 0 Å². The molecule has 0 fully saturated rings. The summed E-state index contributed by atoms with van der Waals surface area (Å²) >= 11 is 0. The van der Waals surface area contributed by atoms with Crippen molar-refractivity contribution in [3.05, 3.63) is 35.9 Å². The molecule has 0 atom stereocenters. The molecular formula is C7H5B. The van der Waals surface area contributed by atoms with E-state index in [2.05, 4.69) is 5.80 Å². The van der Waals surface area contributed by atoms with Gasteiger partial charge in [-0.05, 0) is 0 Å². The first kappa shape index (κ1) is 5.21. The summed E-state index contributed by atoms with van der Waals surface area (Å²) in [5.74, 6) is 2.53. The molecule has 0 radical (unpaired) electrons. The summed E-state index contributed by atoms with van der Waals surface area (Å²) in [6.45, 7) is 0. The zero-order valence-corrected chi connectivity index (χ0v) is 4.46. The van der Waals surface area contributed by atoms with Crippen LogP contribution in [-0.2, 0) is 0 Å². The fourth-order valence-corrected chi connectivity index (χ4v) is 0.534. The molecule has 8 heavy (non-hydrogen) atoms. The van der Waals surface area contributed by atoms with E-state index in [0.29, 0.717) is 0 Å². The second kappa shape index (κ2) is 2.39. The fourth-order valence-electron chi connectivity index (χ4n) is 0.534. The van der Waals surface area contributed by atoms with Gasteiger partial charge in [0.1, 0.15) is 0 Å².